The first-order valence-electron chi connectivity index (χ1n) is 7.28. The van der Waals surface area contributed by atoms with Crippen LogP contribution in [0.5, 0.6) is 0 Å². The third-order valence-corrected chi connectivity index (χ3v) is 4.78. The summed E-state index contributed by atoms with van der Waals surface area (Å²) in [6, 6.07) is 13.3. The van der Waals surface area contributed by atoms with Gasteiger partial charge in [-0.3, -0.25) is 9.36 Å². The molecule has 0 amide bonds. The van der Waals surface area contributed by atoms with Crippen LogP contribution in [0, 0.1) is 0 Å². The summed E-state index contributed by atoms with van der Waals surface area (Å²) in [6.07, 6.45) is 2.90. The number of hydrogen-bond acceptors (Lipinski definition) is 2. The standard InChI is InChI=1S/C18H12BrClN2O/c19-13-3-1-11(2-4-13)9-12-7-8-22-17(12)21-16-10-14(20)5-6-15(16)18(22)23/h1-6,9-10H,7-8H2/b12-9-. The van der Waals surface area contributed by atoms with Gasteiger partial charge < -0.3 is 0 Å². The van der Waals surface area contributed by atoms with Crippen molar-refractivity contribution in [3.05, 3.63) is 73.7 Å². The molecule has 0 saturated heterocycles. The lowest BCUT2D eigenvalue weighted by Gasteiger charge is -2.06. The highest BCUT2D eigenvalue weighted by Gasteiger charge is 2.20. The average Bonchev–Trinajstić information content (AvgIpc) is 2.93. The van der Waals surface area contributed by atoms with Crippen molar-refractivity contribution in [2.45, 2.75) is 13.0 Å². The lowest BCUT2D eigenvalue weighted by Crippen LogP contribution is -2.20. The normalized spacial score (nSPS) is 15.3. The van der Waals surface area contributed by atoms with Crippen molar-refractivity contribution in [3.8, 4) is 0 Å². The topological polar surface area (TPSA) is 34.9 Å². The van der Waals surface area contributed by atoms with Crippen LogP contribution in [0.2, 0.25) is 5.02 Å². The third-order valence-electron chi connectivity index (χ3n) is 4.02. The number of halogens is 2. The van der Waals surface area contributed by atoms with Crippen molar-refractivity contribution in [2.24, 2.45) is 0 Å². The maximum Gasteiger partial charge on any atom is 0.261 e. The van der Waals surface area contributed by atoms with Gasteiger partial charge in [-0.1, -0.05) is 39.7 Å². The minimum absolute atomic E-state index is 0.000808. The summed E-state index contributed by atoms with van der Waals surface area (Å²) in [6.45, 7) is 0.669. The molecule has 0 bridgehead atoms. The van der Waals surface area contributed by atoms with Crippen LogP contribution in [-0.2, 0) is 6.54 Å². The summed E-state index contributed by atoms with van der Waals surface area (Å²) in [4.78, 5) is 17.3. The molecule has 0 unspecified atom stereocenters. The van der Waals surface area contributed by atoms with Crippen LogP contribution in [-0.4, -0.2) is 9.55 Å². The summed E-state index contributed by atoms with van der Waals surface area (Å²) < 4.78 is 2.79. The first-order chi connectivity index (χ1) is 11.1. The van der Waals surface area contributed by atoms with Gasteiger partial charge in [0.1, 0.15) is 5.82 Å². The highest BCUT2D eigenvalue weighted by molar-refractivity contribution is 9.10. The monoisotopic (exact) mass is 386 g/mol. The van der Waals surface area contributed by atoms with Gasteiger partial charge in [0.15, 0.2) is 0 Å². The Morgan fingerprint density at radius 2 is 1.96 bits per heavy atom. The molecule has 4 rings (SSSR count). The largest absolute Gasteiger partial charge is 0.292 e. The molecule has 114 valence electrons. The summed E-state index contributed by atoms with van der Waals surface area (Å²) >= 11 is 9.47. The number of fused-ring (bicyclic) bond motifs is 2. The molecule has 1 aromatic heterocycles. The Labute approximate surface area is 146 Å². The highest BCUT2D eigenvalue weighted by atomic mass is 79.9. The molecule has 23 heavy (non-hydrogen) atoms. The van der Waals surface area contributed by atoms with Gasteiger partial charge in [0.05, 0.1) is 10.9 Å². The van der Waals surface area contributed by atoms with Crippen LogP contribution >= 0.6 is 27.5 Å². The van der Waals surface area contributed by atoms with Gasteiger partial charge in [-0.2, -0.15) is 0 Å². The van der Waals surface area contributed by atoms with E-state index in [9.17, 15) is 4.79 Å². The van der Waals surface area contributed by atoms with Crippen LogP contribution in [0.25, 0.3) is 22.6 Å². The van der Waals surface area contributed by atoms with E-state index in [0.717, 1.165) is 27.9 Å². The van der Waals surface area contributed by atoms with Crippen LogP contribution in [0.15, 0.2) is 51.7 Å². The Kier molecular flexibility index (Phi) is 3.58. The molecule has 0 radical (unpaired) electrons. The fraction of sp³-hybridized carbons (Fsp3) is 0.111. The number of rotatable bonds is 1. The third kappa shape index (κ3) is 2.62. The lowest BCUT2D eigenvalue weighted by atomic mass is 10.1. The fourth-order valence-corrected chi connectivity index (χ4v) is 3.32. The fourth-order valence-electron chi connectivity index (χ4n) is 2.89. The van der Waals surface area contributed by atoms with Crippen molar-refractivity contribution in [1.29, 1.82) is 0 Å². The molecule has 0 atom stereocenters. The van der Waals surface area contributed by atoms with E-state index in [0.29, 0.717) is 22.5 Å². The van der Waals surface area contributed by atoms with E-state index in [-0.39, 0.29) is 5.56 Å². The first kappa shape index (κ1) is 14.7. The number of benzene rings is 2. The Balaban J connectivity index is 1.89. The number of nitrogens with zero attached hydrogens (tertiary/aromatic N) is 2. The molecule has 0 saturated carbocycles. The van der Waals surface area contributed by atoms with Gasteiger partial charge >= 0.3 is 0 Å². The molecular formula is C18H12BrClN2O. The van der Waals surface area contributed by atoms with E-state index in [1.54, 1.807) is 22.8 Å². The molecule has 5 heteroatoms. The molecule has 2 heterocycles. The summed E-state index contributed by atoms with van der Waals surface area (Å²) in [5, 5.41) is 1.20. The lowest BCUT2D eigenvalue weighted by molar-refractivity contribution is 0.725. The van der Waals surface area contributed by atoms with Gasteiger partial charge in [-0.15, -0.1) is 0 Å². The molecule has 0 N–H and O–H groups in total. The van der Waals surface area contributed by atoms with Crippen molar-refractivity contribution >= 4 is 50.1 Å². The van der Waals surface area contributed by atoms with Crippen molar-refractivity contribution < 1.29 is 0 Å². The molecule has 3 aromatic rings. The minimum Gasteiger partial charge on any atom is -0.292 e. The van der Waals surface area contributed by atoms with E-state index < -0.39 is 0 Å². The SMILES string of the molecule is O=c1c2ccc(Cl)cc2nc2n1CC/C2=C/c1ccc(Br)cc1. The Hall–Kier alpha value is -1.91. The van der Waals surface area contributed by atoms with Crippen molar-refractivity contribution in [1.82, 2.24) is 9.55 Å². The Bertz CT molecular complexity index is 1010. The summed E-state index contributed by atoms with van der Waals surface area (Å²) in [5.74, 6) is 0.743. The average molecular weight is 388 g/mol. The summed E-state index contributed by atoms with van der Waals surface area (Å²) in [5.41, 5.74) is 2.82. The predicted octanol–water partition coefficient (Wildman–Crippen LogP) is 4.76. The quantitative estimate of drug-likeness (QED) is 0.603. The van der Waals surface area contributed by atoms with Gasteiger partial charge in [0.25, 0.3) is 5.56 Å². The molecule has 1 aliphatic rings. The molecule has 1 aliphatic heterocycles. The van der Waals surface area contributed by atoms with Crippen LogP contribution in [0.1, 0.15) is 17.8 Å². The van der Waals surface area contributed by atoms with E-state index >= 15 is 0 Å². The van der Waals surface area contributed by atoms with Crippen molar-refractivity contribution in [2.75, 3.05) is 0 Å². The second-order valence-corrected chi connectivity index (χ2v) is 6.88. The van der Waals surface area contributed by atoms with E-state index in [4.69, 9.17) is 11.6 Å². The van der Waals surface area contributed by atoms with Crippen LogP contribution < -0.4 is 5.56 Å². The zero-order valence-electron chi connectivity index (χ0n) is 12.1. The number of allylic oxidation sites excluding steroid dienone is 1. The second-order valence-electron chi connectivity index (χ2n) is 5.52. The Morgan fingerprint density at radius 1 is 1.17 bits per heavy atom. The summed E-state index contributed by atoms with van der Waals surface area (Å²) in [7, 11) is 0. The molecular weight excluding hydrogens is 376 g/mol. The molecule has 3 nitrogen and oxygen atoms in total. The second kappa shape index (κ2) is 5.62. The maximum absolute atomic E-state index is 12.6. The highest BCUT2D eigenvalue weighted by Crippen LogP contribution is 2.28. The van der Waals surface area contributed by atoms with Crippen LogP contribution in [0.3, 0.4) is 0 Å². The molecule has 0 aliphatic carbocycles. The van der Waals surface area contributed by atoms with Gasteiger partial charge in [0, 0.05) is 16.0 Å². The number of aromatic nitrogens is 2. The van der Waals surface area contributed by atoms with Gasteiger partial charge in [-0.25, -0.2) is 4.98 Å². The maximum atomic E-state index is 12.6. The zero-order valence-corrected chi connectivity index (χ0v) is 14.4. The van der Waals surface area contributed by atoms with Crippen molar-refractivity contribution in [3.63, 3.8) is 0 Å². The van der Waals surface area contributed by atoms with Gasteiger partial charge in [0.2, 0.25) is 0 Å². The van der Waals surface area contributed by atoms with Crippen LogP contribution in [0.4, 0.5) is 0 Å². The van der Waals surface area contributed by atoms with E-state index in [1.165, 1.54) is 0 Å². The zero-order chi connectivity index (χ0) is 16.0. The first-order valence-corrected chi connectivity index (χ1v) is 8.45. The Morgan fingerprint density at radius 3 is 2.74 bits per heavy atom. The predicted molar refractivity (Wildman–Crippen MR) is 97.6 cm³/mol. The smallest absolute Gasteiger partial charge is 0.261 e. The molecule has 0 spiro atoms. The minimum atomic E-state index is 0.000808. The van der Waals surface area contributed by atoms with Gasteiger partial charge in [-0.05, 0) is 54.0 Å². The molecule has 2 aromatic carbocycles. The number of hydrogen-bond donors (Lipinski definition) is 0. The van der Waals surface area contributed by atoms with E-state index in [2.05, 4.69) is 27.0 Å². The molecule has 0 fully saturated rings. The van der Waals surface area contributed by atoms with E-state index in [1.807, 2.05) is 24.3 Å².